The molecule has 3 unspecified atom stereocenters. The van der Waals surface area contributed by atoms with Gasteiger partial charge in [0.1, 0.15) is 18.4 Å². The number of nitrogens with one attached hydrogen (secondary N) is 1. The first kappa shape index (κ1) is 41.5. The molecule has 59 heavy (non-hydrogen) atoms. The number of benzene rings is 2. The van der Waals surface area contributed by atoms with Crippen molar-refractivity contribution < 1.29 is 56.3 Å². The normalized spacial score (nSPS) is 17.4. The highest BCUT2D eigenvalue weighted by molar-refractivity contribution is 6.08. The highest BCUT2D eigenvalue weighted by atomic mass is 19.4. The Morgan fingerprint density at radius 2 is 1.59 bits per heavy atom. The number of fused-ring (bicyclic) bond motifs is 4. The zero-order valence-electron chi connectivity index (χ0n) is 32.3. The zero-order chi connectivity index (χ0) is 41.5. The van der Waals surface area contributed by atoms with Crippen LogP contribution in [0.2, 0.25) is 0 Å². The van der Waals surface area contributed by atoms with Crippen molar-refractivity contribution in [3.63, 3.8) is 0 Å². The first-order chi connectivity index (χ1) is 28.5. The van der Waals surface area contributed by atoms with E-state index < -0.39 is 42.3 Å². The molecule has 2 aliphatic rings. The number of aromatic nitrogens is 3. The van der Waals surface area contributed by atoms with E-state index in [0.717, 1.165) is 43.9 Å². The van der Waals surface area contributed by atoms with Gasteiger partial charge in [-0.15, -0.1) is 0 Å². The molecular weight excluding hydrogens is 775 g/mol. The van der Waals surface area contributed by atoms with Crippen molar-refractivity contribution in [3.05, 3.63) is 84.3 Å². The molecule has 3 aromatic heterocycles. The predicted octanol–water partition coefficient (Wildman–Crippen LogP) is 5.65. The first-order valence-electron chi connectivity index (χ1n) is 19.4. The highest BCUT2D eigenvalue weighted by Crippen LogP contribution is 2.38. The van der Waals surface area contributed by atoms with Gasteiger partial charge in [0, 0.05) is 72.1 Å². The summed E-state index contributed by atoms with van der Waals surface area (Å²) in [5.41, 5.74) is 4.32. The monoisotopic (exact) mass is 819 g/mol. The van der Waals surface area contributed by atoms with Crippen LogP contribution in [0.15, 0.2) is 73.2 Å². The summed E-state index contributed by atoms with van der Waals surface area (Å²) in [6.45, 7) is 2.13. The molecule has 5 aromatic rings. The van der Waals surface area contributed by atoms with E-state index in [1.807, 2.05) is 31.4 Å². The van der Waals surface area contributed by atoms with Gasteiger partial charge in [0.2, 0.25) is 17.7 Å². The van der Waals surface area contributed by atoms with Gasteiger partial charge in [-0.3, -0.25) is 29.6 Å². The number of hydrogen-bond acceptors (Lipinski definition) is 11. The largest absolute Gasteiger partial charge is 0.481 e. The number of pyridine rings is 2. The molecule has 5 heterocycles. The summed E-state index contributed by atoms with van der Waals surface area (Å²) in [4.78, 5) is 46.6. The molecule has 3 amide bonds. The molecule has 2 aliphatic heterocycles. The van der Waals surface area contributed by atoms with E-state index in [-0.39, 0.29) is 55.8 Å². The van der Waals surface area contributed by atoms with Crippen LogP contribution in [-0.4, -0.2) is 107 Å². The quantitative estimate of drug-likeness (QED) is 0.0782. The van der Waals surface area contributed by atoms with E-state index in [1.165, 1.54) is 12.1 Å². The lowest BCUT2D eigenvalue weighted by Crippen LogP contribution is -2.53. The number of nitrogens with zero attached hydrogens (tertiary/aromatic N) is 4. The summed E-state index contributed by atoms with van der Waals surface area (Å²) in [6, 6.07) is 14.7. The van der Waals surface area contributed by atoms with Gasteiger partial charge in [0.05, 0.1) is 44.1 Å². The van der Waals surface area contributed by atoms with E-state index in [0.29, 0.717) is 45.3 Å². The Morgan fingerprint density at radius 3 is 2.32 bits per heavy atom. The minimum absolute atomic E-state index is 0.0151. The fourth-order valence-corrected chi connectivity index (χ4v) is 7.28. The number of halogens is 3. The van der Waals surface area contributed by atoms with E-state index in [1.54, 1.807) is 12.4 Å². The number of hydrogen-bond donors (Lipinski definition) is 2. The van der Waals surface area contributed by atoms with Crippen molar-refractivity contribution in [1.82, 2.24) is 24.8 Å². The number of carbonyl (C=O) groups excluding carboxylic acids is 3. The van der Waals surface area contributed by atoms with E-state index in [9.17, 15) is 32.7 Å². The Kier molecular flexibility index (Phi) is 13.0. The number of unbranched alkanes of at least 4 members (excludes halogenated alkanes) is 1. The number of rotatable bonds is 19. The summed E-state index contributed by atoms with van der Waals surface area (Å²) >= 11 is 0. The number of piperidine rings is 1. The first-order valence-corrected chi connectivity index (χ1v) is 19.4. The molecule has 7 rings (SSSR count). The standard InChI is InChI=1S/C42H44F3N5O9/c1-49-33-13-14-46-25-32(33)29-8-5-26(22-35(29)49)27-6-12-38(47-24-27)58-21-20-57-19-18-56-17-16-55-15-3-2-4-36(42(43,44)45)59-28-7-9-30-31(23-28)41(54)50(40(30)53)34-10-11-37(51)48-39(34)52/h5-9,12-14,22-25,34,36,40,53H,2-4,10-11,15-21H2,1H3,(H,48,51,52). The summed E-state index contributed by atoms with van der Waals surface area (Å²) in [5.74, 6) is -1.66. The lowest BCUT2D eigenvalue weighted by atomic mass is 10.0. The third-order valence-electron chi connectivity index (χ3n) is 10.3. The Morgan fingerprint density at radius 1 is 0.847 bits per heavy atom. The number of aliphatic hydroxyl groups excluding tert-OH is 1. The molecule has 0 spiro atoms. The molecule has 0 radical (unpaired) electrons. The molecular formula is C42H44F3N5O9. The van der Waals surface area contributed by atoms with Crippen LogP contribution in [0.1, 0.15) is 54.3 Å². The van der Waals surface area contributed by atoms with Crippen molar-refractivity contribution in [2.45, 2.75) is 56.7 Å². The number of amides is 3. The van der Waals surface area contributed by atoms with Gasteiger partial charge in [-0.2, -0.15) is 13.2 Å². The van der Waals surface area contributed by atoms with Crippen LogP contribution in [0.4, 0.5) is 13.2 Å². The predicted molar refractivity (Wildman–Crippen MR) is 207 cm³/mol. The minimum atomic E-state index is -4.68. The molecule has 0 bridgehead atoms. The second-order valence-corrected chi connectivity index (χ2v) is 14.2. The summed E-state index contributed by atoms with van der Waals surface area (Å²) in [5, 5.41) is 15.1. The molecule has 2 aromatic carbocycles. The number of imide groups is 1. The Labute approximate surface area is 337 Å². The molecule has 17 heteroatoms. The molecule has 0 saturated carbocycles. The molecule has 1 saturated heterocycles. The summed E-state index contributed by atoms with van der Waals surface area (Å²) in [7, 11) is 2.04. The number of aryl methyl sites for hydroxylation is 1. The number of alkyl halides is 3. The van der Waals surface area contributed by atoms with Gasteiger partial charge >= 0.3 is 6.18 Å². The fraction of sp³-hybridized carbons (Fsp3) is 0.405. The van der Waals surface area contributed by atoms with E-state index in [2.05, 4.69) is 38.1 Å². The molecule has 312 valence electrons. The van der Waals surface area contributed by atoms with Crippen LogP contribution in [0, 0.1) is 0 Å². The maximum absolute atomic E-state index is 13.9. The molecule has 3 atom stereocenters. The van der Waals surface area contributed by atoms with Crippen molar-refractivity contribution in [1.29, 1.82) is 0 Å². The molecule has 2 N–H and O–H groups in total. The van der Waals surface area contributed by atoms with Crippen LogP contribution < -0.4 is 14.8 Å². The maximum Gasteiger partial charge on any atom is 0.425 e. The second kappa shape index (κ2) is 18.5. The van der Waals surface area contributed by atoms with Crippen molar-refractivity contribution in [2.75, 3.05) is 46.2 Å². The lowest BCUT2D eigenvalue weighted by molar-refractivity contribution is -0.197. The van der Waals surface area contributed by atoms with Crippen LogP contribution in [0.5, 0.6) is 11.6 Å². The molecule has 0 aliphatic carbocycles. The van der Waals surface area contributed by atoms with E-state index >= 15 is 0 Å². The van der Waals surface area contributed by atoms with Gasteiger partial charge in [-0.05, 0) is 61.6 Å². The SMILES string of the molecule is Cn1c2ccncc2c2ccc(-c3ccc(OCCOCCOCCOCCCCC(Oc4ccc5c(c4)C(=O)N(C4CCC(=O)NC4=O)C5O)C(F)(F)F)nc3)cc21. The van der Waals surface area contributed by atoms with Crippen LogP contribution in [-0.2, 0) is 30.8 Å². The van der Waals surface area contributed by atoms with Crippen molar-refractivity contribution >= 4 is 39.5 Å². The van der Waals surface area contributed by atoms with Crippen LogP contribution in [0.25, 0.3) is 32.9 Å². The maximum atomic E-state index is 13.9. The smallest absolute Gasteiger partial charge is 0.425 e. The third-order valence-corrected chi connectivity index (χ3v) is 10.3. The minimum Gasteiger partial charge on any atom is -0.481 e. The van der Waals surface area contributed by atoms with Gasteiger partial charge < -0.3 is 33.4 Å². The fourth-order valence-electron chi connectivity index (χ4n) is 7.28. The number of carbonyl (C=O) groups is 3. The topological polar surface area (TPSA) is 164 Å². The van der Waals surface area contributed by atoms with Gasteiger partial charge in [0.25, 0.3) is 5.91 Å². The molecule has 14 nitrogen and oxygen atoms in total. The summed E-state index contributed by atoms with van der Waals surface area (Å²) in [6.07, 6.45) is -2.68. The lowest BCUT2D eigenvalue weighted by Gasteiger charge is -2.31. The van der Waals surface area contributed by atoms with Crippen molar-refractivity contribution in [3.8, 4) is 22.8 Å². The second-order valence-electron chi connectivity index (χ2n) is 14.2. The van der Waals surface area contributed by atoms with Gasteiger partial charge in [0.15, 0.2) is 12.3 Å². The number of ether oxygens (including phenoxy) is 5. The number of aliphatic hydroxyl groups is 1. The Balaban J connectivity index is 0.738. The zero-order valence-corrected chi connectivity index (χ0v) is 32.3. The third kappa shape index (κ3) is 9.65. The highest BCUT2D eigenvalue weighted by Gasteiger charge is 2.45. The van der Waals surface area contributed by atoms with Gasteiger partial charge in [-0.1, -0.05) is 18.2 Å². The van der Waals surface area contributed by atoms with Crippen molar-refractivity contribution in [2.24, 2.45) is 7.05 Å². The Bertz CT molecular complexity index is 2280. The van der Waals surface area contributed by atoms with E-state index in [4.69, 9.17) is 23.7 Å². The molecule has 1 fully saturated rings. The average molecular weight is 820 g/mol. The van der Waals surface area contributed by atoms with Gasteiger partial charge in [-0.25, -0.2) is 4.98 Å². The van der Waals surface area contributed by atoms with Crippen LogP contribution >= 0.6 is 0 Å². The average Bonchev–Trinajstić information content (AvgIpc) is 3.65. The summed E-state index contributed by atoms with van der Waals surface area (Å²) < 4.78 is 71.4. The Hall–Kier alpha value is -5.62. The van der Waals surface area contributed by atoms with Crippen LogP contribution in [0.3, 0.4) is 0 Å².